The molecule has 7 nitrogen and oxygen atoms in total. The molecular weight excluding hydrogens is 565 g/mol. The Morgan fingerprint density at radius 1 is 1.20 bits per heavy atom. The molecule has 40 heavy (non-hydrogen) atoms. The van der Waals surface area contributed by atoms with Crippen LogP contribution in [0.4, 0.5) is 11.4 Å². The number of rotatable bonds is 8. The third kappa shape index (κ3) is 6.19. The fraction of sp³-hybridized carbons (Fsp3) is 0.367. The maximum Gasteiger partial charge on any atom is 0.239 e. The van der Waals surface area contributed by atoms with Gasteiger partial charge in [0.05, 0.1) is 36.0 Å². The van der Waals surface area contributed by atoms with E-state index < -0.39 is 6.04 Å². The highest BCUT2D eigenvalue weighted by Gasteiger charge is 2.42. The van der Waals surface area contributed by atoms with Crippen LogP contribution in [0.3, 0.4) is 0 Å². The number of Topliss-reactive ketones (excluding diaryl/α,β-unsaturated/α-hetero) is 1. The molecule has 0 saturated carbocycles. The van der Waals surface area contributed by atoms with Gasteiger partial charge in [-0.05, 0) is 48.6 Å². The van der Waals surface area contributed by atoms with Crippen LogP contribution in [0.2, 0.25) is 10.0 Å². The number of nitrogens with one attached hydrogen (secondary N) is 3. The summed E-state index contributed by atoms with van der Waals surface area (Å²) in [6.07, 6.45) is 2.82. The smallest absolute Gasteiger partial charge is 0.239 e. The summed E-state index contributed by atoms with van der Waals surface area (Å²) < 4.78 is 0. The Hall–Kier alpha value is -2.94. The van der Waals surface area contributed by atoms with Crippen LogP contribution < -0.4 is 15.5 Å². The van der Waals surface area contributed by atoms with E-state index in [1.165, 1.54) is 0 Å². The number of anilines is 2. The minimum Gasteiger partial charge on any atom is -0.357 e. The van der Waals surface area contributed by atoms with Gasteiger partial charge < -0.3 is 20.5 Å². The fourth-order valence-corrected chi connectivity index (χ4v) is 6.84. The molecule has 2 aromatic carbocycles. The van der Waals surface area contributed by atoms with E-state index in [0.29, 0.717) is 35.0 Å². The van der Waals surface area contributed by atoms with Gasteiger partial charge in [0, 0.05) is 51.5 Å². The van der Waals surface area contributed by atoms with Crippen LogP contribution in [0.5, 0.6) is 0 Å². The number of hydrogen-bond acceptors (Lipinski definition) is 6. The second-order valence-electron chi connectivity index (χ2n) is 11.0. The van der Waals surface area contributed by atoms with Gasteiger partial charge in [0.25, 0.3) is 0 Å². The van der Waals surface area contributed by atoms with E-state index in [4.69, 9.17) is 23.2 Å². The molecule has 10 heteroatoms. The second-order valence-corrected chi connectivity index (χ2v) is 13.0. The van der Waals surface area contributed by atoms with Gasteiger partial charge in [0.1, 0.15) is 0 Å². The van der Waals surface area contributed by atoms with Gasteiger partial charge in [-0.2, -0.15) is 11.8 Å². The van der Waals surface area contributed by atoms with Gasteiger partial charge in [-0.15, -0.1) is 0 Å². The first-order valence-corrected chi connectivity index (χ1v) is 15.2. The number of aromatic amines is 1. The average Bonchev–Trinajstić information content (AvgIpc) is 3.24. The Morgan fingerprint density at radius 2 is 2.00 bits per heavy atom. The molecule has 210 valence electrons. The van der Waals surface area contributed by atoms with Gasteiger partial charge in [0.2, 0.25) is 5.91 Å². The van der Waals surface area contributed by atoms with Crippen molar-refractivity contribution in [1.29, 1.82) is 0 Å². The van der Waals surface area contributed by atoms with Gasteiger partial charge in [-0.25, -0.2) is 4.98 Å². The van der Waals surface area contributed by atoms with Crippen molar-refractivity contribution in [3.05, 3.63) is 87.1 Å². The maximum atomic E-state index is 13.8. The molecule has 0 bridgehead atoms. The molecule has 1 amide bonds. The summed E-state index contributed by atoms with van der Waals surface area (Å²) in [5, 5.41) is 7.59. The van der Waals surface area contributed by atoms with Crippen molar-refractivity contribution in [2.24, 2.45) is 5.41 Å². The van der Waals surface area contributed by atoms with Gasteiger partial charge in [-0.1, -0.05) is 55.2 Å². The Balaban J connectivity index is 1.45. The number of fused-ring (bicyclic) bond motifs is 1. The molecule has 0 saturated heterocycles. The molecule has 1 aliphatic carbocycles. The summed E-state index contributed by atoms with van der Waals surface area (Å²) >= 11 is 14.7. The zero-order chi connectivity index (χ0) is 28.4. The number of carbonyl (C=O) groups is 2. The SMILES string of the molecule is Cc1[nH]cnc1CSCCNC(=O)CN1c2ccccc2NC2=C(C(=O)CC(C)(C)C2)C1c1ccc(Cl)cc1Cl. The second kappa shape index (κ2) is 11.9. The van der Waals surface area contributed by atoms with E-state index >= 15 is 0 Å². The Kier molecular flexibility index (Phi) is 8.50. The van der Waals surface area contributed by atoms with E-state index in [0.717, 1.165) is 45.5 Å². The van der Waals surface area contributed by atoms with E-state index in [2.05, 4.69) is 34.4 Å². The molecular formula is C30H33Cl2N5O2S. The highest BCUT2D eigenvalue weighted by Crippen LogP contribution is 2.49. The highest BCUT2D eigenvalue weighted by molar-refractivity contribution is 7.98. The molecule has 3 aromatic rings. The van der Waals surface area contributed by atoms with E-state index in [9.17, 15) is 9.59 Å². The number of aromatic nitrogens is 2. The summed E-state index contributed by atoms with van der Waals surface area (Å²) in [5.74, 6) is 1.46. The molecule has 2 aliphatic rings. The molecule has 1 atom stereocenters. The number of amides is 1. The van der Waals surface area contributed by atoms with Crippen LogP contribution in [0.1, 0.15) is 49.7 Å². The number of para-hydroxylation sites is 2. The summed E-state index contributed by atoms with van der Waals surface area (Å²) in [6, 6.07) is 12.6. The number of thioether (sulfide) groups is 1. The van der Waals surface area contributed by atoms with Gasteiger partial charge >= 0.3 is 0 Å². The molecule has 0 spiro atoms. The van der Waals surface area contributed by atoms with Crippen LogP contribution in [-0.2, 0) is 15.3 Å². The maximum absolute atomic E-state index is 13.8. The summed E-state index contributed by atoms with van der Waals surface area (Å²) in [6.45, 7) is 6.79. The lowest BCUT2D eigenvalue weighted by Gasteiger charge is -2.38. The van der Waals surface area contributed by atoms with Crippen molar-refractivity contribution in [2.75, 3.05) is 29.1 Å². The predicted molar refractivity (Wildman–Crippen MR) is 164 cm³/mol. The summed E-state index contributed by atoms with van der Waals surface area (Å²) in [4.78, 5) is 36.6. The van der Waals surface area contributed by atoms with Crippen LogP contribution >= 0.6 is 35.0 Å². The van der Waals surface area contributed by atoms with Crippen molar-refractivity contribution >= 4 is 58.0 Å². The largest absolute Gasteiger partial charge is 0.357 e. The number of allylic oxidation sites excluding steroid dienone is 1. The first-order chi connectivity index (χ1) is 19.1. The topological polar surface area (TPSA) is 90.1 Å². The van der Waals surface area contributed by atoms with Crippen LogP contribution in [0.15, 0.2) is 60.1 Å². The minimum atomic E-state index is -0.553. The predicted octanol–water partition coefficient (Wildman–Crippen LogP) is 6.69. The monoisotopic (exact) mass is 597 g/mol. The molecule has 5 rings (SSSR count). The number of aryl methyl sites for hydroxylation is 1. The van der Waals surface area contributed by atoms with Crippen molar-refractivity contribution < 1.29 is 9.59 Å². The molecule has 2 heterocycles. The Morgan fingerprint density at radius 3 is 2.75 bits per heavy atom. The number of halogens is 2. The zero-order valence-electron chi connectivity index (χ0n) is 22.8. The average molecular weight is 599 g/mol. The standard InChI is InChI=1S/C30H33Cl2N5O2S/c1-18-24(35-17-34-18)16-40-11-10-33-27(39)15-37-25-7-5-4-6-22(25)36-23-13-30(2,3)14-26(38)28(23)29(37)20-9-8-19(31)12-21(20)32/h4-9,12,17,29,36H,10-11,13-16H2,1-3H3,(H,33,39)(H,34,35). The van der Waals surface area contributed by atoms with E-state index in [1.807, 2.05) is 42.2 Å². The highest BCUT2D eigenvalue weighted by atomic mass is 35.5. The number of nitrogens with zero attached hydrogens (tertiary/aromatic N) is 2. The lowest BCUT2D eigenvalue weighted by Crippen LogP contribution is -2.42. The van der Waals surface area contributed by atoms with Crippen LogP contribution in [0, 0.1) is 12.3 Å². The van der Waals surface area contributed by atoms with Crippen molar-refractivity contribution in [3.63, 3.8) is 0 Å². The molecule has 0 fully saturated rings. The Labute approximate surface area is 249 Å². The quantitative estimate of drug-likeness (QED) is 0.251. The molecule has 1 unspecified atom stereocenters. The van der Waals surface area contributed by atoms with E-state index in [1.54, 1.807) is 30.2 Å². The van der Waals surface area contributed by atoms with Crippen molar-refractivity contribution in [3.8, 4) is 0 Å². The van der Waals surface area contributed by atoms with Gasteiger partial charge in [-0.3, -0.25) is 9.59 Å². The number of H-pyrrole nitrogens is 1. The number of hydrogen-bond donors (Lipinski definition) is 3. The first kappa shape index (κ1) is 28.6. The number of carbonyl (C=O) groups excluding carboxylic acids is 2. The lowest BCUT2D eigenvalue weighted by molar-refractivity contribution is -0.120. The summed E-state index contributed by atoms with van der Waals surface area (Å²) in [7, 11) is 0. The molecule has 1 aromatic heterocycles. The summed E-state index contributed by atoms with van der Waals surface area (Å²) in [5.41, 5.74) is 5.84. The number of benzene rings is 2. The fourth-order valence-electron chi connectivity index (χ4n) is 5.45. The third-order valence-corrected chi connectivity index (χ3v) is 8.85. The van der Waals surface area contributed by atoms with Crippen molar-refractivity contribution in [2.45, 2.75) is 45.4 Å². The first-order valence-electron chi connectivity index (χ1n) is 13.3. The van der Waals surface area contributed by atoms with Gasteiger partial charge in [0.15, 0.2) is 5.78 Å². The molecule has 3 N–H and O–H groups in total. The Bertz CT molecular complexity index is 1470. The van der Waals surface area contributed by atoms with Crippen LogP contribution in [-0.4, -0.2) is 40.5 Å². The number of ketones is 1. The van der Waals surface area contributed by atoms with E-state index in [-0.39, 0.29) is 23.7 Å². The normalized spacial score (nSPS) is 18.1. The molecule has 1 aliphatic heterocycles. The van der Waals surface area contributed by atoms with Crippen molar-refractivity contribution in [1.82, 2.24) is 15.3 Å². The zero-order valence-corrected chi connectivity index (χ0v) is 25.1. The lowest BCUT2D eigenvalue weighted by atomic mass is 9.73. The minimum absolute atomic E-state index is 0.0537. The van der Waals surface area contributed by atoms with Crippen LogP contribution in [0.25, 0.3) is 0 Å². The third-order valence-electron chi connectivity index (χ3n) is 7.32. The molecule has 0 radical (unpaired) electrons. The number of imidazole rings is 1.